The van der Waals surface area contributed by atoms with Gasteiger partial charge in [0.2, 0.25) is 0 Å². The fraction of sp³-hybridized carbons (Fsp3) is 0.407. The Morgan fingerprint density at radius 3 is 2.32 bits per heavy atom. The highest BCUT2D eigenvalue weighted by Crippen LogP contribution is 2.34. The van der Waals surface area contributed by atoms with Crippen LogP contribution in [0.4, 0.5) is 14.6 Å². The van der Waals surface area contributed by atoms with Crippen LogP contribution in [0.15, 0.2) is 42.9 Å². The molecular weight excluding hydrogens is 492 g/mol. The van der Waals surface area contributed by atoms with E-state index >= 15 is 0 Å². The zero-order chi connectivity index (χ0) is 27.2. The molecule has 4 heterocycles. The molecule has 5 rings (SSSR count). The Morgan fingerprint density at radius 2 is 1.68 bits per heavy atom. The number of aliphatic hydroxyl groups is 2. The number of pyridine rings is 1. The Balaban J connectivity index is 1.46. The van der Waals surface area contributed by atoms with Gasteiger partial charge in [-0.15, -0.1) is 0 Å². The zero-order valence-electron chi connectivity index (χ0n) is 21.9. The molecule has 0 spiro atoms. The van der Waals surface area contributed by atoms with Crippen LogP contribution in [0, 0.1) is 11.6 Å². The van der Waals surface area contributed by atoms with Crippen molar-refractivity contribution in [2.45, 2.75) is 38.5 Å². The number of piperazine rings is 1. The molecule has 9 nitrogen and oxygen atoms in total. The predicted octanol–water partition coefficient (Wildman–Crippen LogP) is 3.00. The van der Waals surface area contributed by atoms with Gasteiger partial charge in [0.1, 0.15) is 28.4 Å². The second kappa shape index (κ2) is 9.64. The number of hydrogen-bond acceptors (Lipinski definition) is 8. The second-order valence-corrected chi connectivity index (χ2v) is 10.5. The first kappa shape index (κ1) is 26.1. The Kier molecular flexibility index (Phi) is 6.62. The van der Waals surface area contributed by atoms with Crippen molar-refractivity contribution in [3.8, 4) is 11.3 Å². The molecule has 1 saturated heterocycles. The van der Waals surface area contributed by atoms with Crippen molar-refractivity contribution in [2.24, 2.45) is 7.05 Å². The monoisotopic (exact) mass is 523 g/mol. The van der Waals surface area contributed by atoms with Gasteiger partial charge in [0, 0.05) is 63.2 Å². The fourth-order valence-electron chi connectivity index (χ4n) is 4.50. The third-order valence-electron chi connectivity index (χ3n) is 7.28. The van der Waals surface area contributed by atoms with E-state index in [0.717, 1.165) is 11.6 Å². The molecule has 0 bridgehead atoms. The van der Waals surface area contributed by atoms with Gasteiger partial charge in [0.25, 0.3) is 0 Å². The van der Waals surface area contributed by atoms with Crippen LogP contribution in [0.1, 0.15) is 32.0 Å². The van der Waals surface area contributed by atoms with Gasteiger partial charge >= 0.3 is 0 Å². The van der Waals surface area contributed by atoms with E-state index in [1.807, 2.05) is 13.2 Å². The van der Waals surface area contributed by atoms with Gasteiger partial charge in [-0.1, -0.05) is 6.07 Å². The minimum atomic E-state index is -1.60. The molecule has 4 aromatic rings. The molecule has 0 radical (unpaired) electrons. The van der Waals surface area contributed by atoms with Crippen molar-refractivity contribution in [2.75, 3.05) is 31.1 Å². The Labute approximate surface area is 219 Å². The van der Waals surface area contributed by atoms with Gasteiger partial charge in [0.05, 0.1) is 29.2 Å². The summed E-state index contributed by atoms with van der Waals surface area (Å²) in [6.07, 6.45) is 5.14. The van der Waals surface area contributed by atoms with Crippen molar-refractivity contribution in [3.05, 3.63) is 65.7 Å². The zero-order valence-corrected chi connectivity index (χ0v) is 21.9. The van der Waals surface area contributed by atoms with E-state index in [1.54, 1.807) is 23.1 Å². The first-order valence-electron chi connectivity index (χ1n) is 12.5. The third kappa shape index (κ3) is 4.96. The van der Waals surface area contributed by atoms with E-state index in [-0.39, 0.29) is 0 Å². The summed E-state index contributed by atoms with van der Waals surface area (Å²) in [7, 11) is 1.83. The lowest BCUT2D eigenvalue weighted by atomic mass is 9.84. The standard InChI is InChI=1S/C27H31F2N7O2/c1-26(2,37)27(3,38)23-12-21-22(14-30-23)33-25(24(32-21)18-13-31-34(4)15-18)36-9-7-35(8-10-36)16-17-5-6-19(28)11-20(17)29/h5-6,11-15,37-38H,7-10,16H2,1-4H3/t27-/m0/s1. The molecule has 0 aliphatic carbocycles. The lowest BCUT2D eigenvalue weighted by Gasteiger charge is -2.36. The third-order valence-corrected chi connectivity index (χ3v) is 7.28. The number of anilines is 1. The molecule has 0 unspecified atom stereocenters. The molecule has 1 aliphatic rings. The summed E-state index contributed by atoms with van der Waals surface area (Å²) >= 11 is 0. The number of aromatic nitrogens is 5. The fourth-order valence-corrected chi connectivity index (χ4v) is 4.50. The highest BCUT2D eigenvalue weighted by Gasteiger charge is 2.40. The van der Waals surface area contributed by atoms with Crippen LogP contribution < -0.4 is 4.90 Å². The molecule has 2 N–H and O–H groups in total. The maximum Gasteiger partial charge on any atom is 0.156 e. The molecule has 3 aromatic heterocycles. The highest BCUT2D eigenvalue weighted by molar-refractivity contribution is 5.83. The number of rotatable bonds is 6. The molecule has 1 atom stereocenters. The number of hydrogen-bond donors (Lipinski definition) is 2. The number of aryl methyl sites for hydroxylation is 1. The number of benzene rings is 1. The summed E-state index contributed by atoms with van der Waals surface area (Å²) in [6.45, 7) is 7.56. The Bertz CT molecular complexity index is 1470. The number of halogens is 2. The van der Waals surface area contributed by atoms with E-state index in [1.165, 1.54) is 32.9 Å². The van der Waals surface area contributed by atoms with Gasteiger partial charge in [-0.25, -0.2) is 18.7 Å². The summed E-state index contributed by atoms with van der Waals surface area (Å²) in [6, 6.07) is 5.33. The first-order chi connectivity index (χ1) is 17.9. The molecule has 1 fully saturated rings. The van der Waals surface area contributed by atoms with Gasteiger partial charge in [-0.2, -0.15) is 5.10 Å². The van der Waals surface area contributed by atoms with E-state index in [2.05, 4.69) is 19.9 Å². The molecule has 0 saturated carbocycles. The van der Waals surface area contributed by atoms with Crippen LogP contribution in [0.2, 0.25) is 0 Å². The summed E-state index contributed by atoms with van der Waals surface area (Å²) in [5.74, 6) is -0.441. The quantitative estimate of drug-likeness (QED) is 0.398. The Hall–Kier alpha value is -3.54. The van der Waals surface area contributed by atoms with Crippen LogP contribution in [0.25, 0.3) is 22.3 Å². The second-order valence-electron chi connectivity index (χ2n) is 10.5. The van der Waals surface area contributed by atoms with Crippen molar-refractivity contribution in [1.29, 1.82) is 0 Å². The van der Waals surface area contributed by atoms with Crippen LogP contribution in [0.3, 0.4) is 0 Å². The van der Waals surface area contributed by atoms with Crippen molar-refractivity contribution >= 4 is 16.9 Å². The van der Waals surface area contributed by atoms with Gasteiger partial charge in [0.15, 0.2) is 5.82 Å². The van der Waals surface area contributed by atoms with Crippen LogP contribution in [0.5, 0.6) is 0 Å². The SMILES string of the molecule is Cn1cc(-c2nc3cc([C@](C)(O)C(C)(C)O)ncc3nc2N2CCN(Cc3ccc(F)cc3F)CC2)cn1. The first-order valence-corrected chi connectivity index (χ1v) is 12.5. The molecule has 11 heteroatoms. The maximum atomic E-state index is 14.2. The highest BCUT2D eigenvalue weighted by atomic mass is 19.1. The van der Waals surface area contributed by atoms with Crippen LogP contribution in [-0.4, -0.2) is 71.6 Å². The van der Waals surface area contributed by atoms with Crippen molar-refractivity contribution in [3.63, 3.8) is 0 Å². The minimum absolute atomic E-state index is 0.290. The topological polar surface area (TPSA) is 103 Å². The summed E-state index contributed by atoms with van der Waals surface area (Å²) in [5, 5.41) is 25.7. The summed E-state index contributed by atoms with van der Waals surface area (Å²) < 4.78 is 29.1. The lowest BCUT2D eigenvalue weighted by Crippen LogP contribution is -2.46. The summed E-state index contributed by atoms with van der Waals surface area (Å²) in [4.78, 5) is 18.5. The maximum absolute atomic E-state index is 14.2. The van der Waals surface area contributed by atoms with Crippen LogP contribution >= 0.6 is 0 Å². The van der Waals surface area contributed by atoms with Gasteiger partial charge in [-0.3, -0.25) is 14.6 Å². The normalized spacial score (nSPS) is 16.7. The van der Waals surface area contributed by atoms with Crippen LogP contribution in [-0.2, 0) is 19.2 Å². The average molecular weight is 524 g/mol. The lowest BCUT2D eigenvalue weighted by molar-refractivity contribution is -0.127. The Morgan fingerprint density at radius 1 is 0.947 bits per heavy atom. The number of nitrogens with zero attached hydrogens (tertiary/aromatic N) is 7. The van der Waals surface area contributed by atoms with E-state index in [4.69, 9.17) is 9.97 Å². The minimum Gasteiger partial charge on any atom is -0.387 e. The number of fused-ring (bicyclic) bond motifs is 1. The van der Waals surface area contributed by atoms with Crippen molar-refractivity contribution < 1.29 is 19.0 Å². The van der Waals surface area contributed by atoms with Gasteiger partial charge < -0.3 is 15.1 Å². The van der Waals surface area contributed by atoms with Crippen molar-refractivity contribution in [1.82, 2.24) is 29.6 Å². The van der Waals surface area contributed by atoms with E-state index < -0.39 is 22.8 Å². The molecule has 1 aliphatic heterocycles. The summed E-state index contributed by atoms with van der Waals surface area (Å²) in [5.41, 5.74) is 0.249. The molecule has 0 amide bonds. The predicted molar refractivity (Wildman–Crippen MR) is 139 cm³/mol. The molecule has 38 heavy (non-hydrogen) atoms. The largest absolute Gasteiger partial charge is 0.387 e. The smallest absolute Gasteiger partial charge is 0.156 e. The average Bonchev–Trinajstić information content (AvgIpc) is 3.30. The van der Waals surface area contributed by atoms with E-state index in [9.17, 15) is 19.0 Å². The van der Waals surface area contributed by atoms with Gasteiger partial charge in [-0.05, 0) is 32.9 Å². The molecular formula is C27H31F2N7O2. The molecule has 200 valence electrons. The molecule has 1 aromatic carbocycles. The van der Waals surface area contributed by atoms with E-state index in [0.29, 0.717) is 66.5 Å².